The van der Waals surface area contributed by atoms with Crippen LogP contribution in [0, 0.1) is 0 Å². The molecule has 0 fully saturated rings. The van der Waals surface area contributed by atoms with E-state index in [1.54, 1.807) is 30.3 Å². The molecule has 0 saturated heterocycles. The molecule has 0 radical (unpaired) electrons. The predicted molar refractivity (Wildman–Crippen MR) is 109 cm³/mol. The van der Waals surface area contributed by atoms with E-state index >= 15 is 0 Å². The number of hydrogen-bond donors (Lipinski definition) is 3. The number of amides is 2. The Hall–Kier alpha value is -3.13. The summed E-state index contributed by atoms with van der Waals surface area (Å²) in [7, 11) is 4.49. The van der Waals surface area contributed by atoms with Gasteiger partial charge >= 0.3 is 0 Å². The zero-order chi connectivity index (χ0) is 20.7. The molecule has 2 aromatic carbocycles. The molecule has 0 aliphatic rings. The van der Waals surface area contributed by atoms with Gasteiger partial charge in [-0.3, -0.25) is 9.59 Å². The lowest BCUT2D eigenvalue weighted by atomic mass is 10.2. The van der Waals surface area contributed by atoms with Crippen LogP contribution >= 0.6 is 11.6 Å². The van der Waals surface area contributed by atoms with E-state index in [0.29, 0.717) is 39.3 Å². The Morgan fingerprint density at radius 3 is 2.18 bits per heavy atom. The first kappa shape index (κ1) is 21.2. The van der Waals surface area contributed by atoms with Crippen molar-refractivity contribution in [2.75, 3.05) is 43.8 Å². The first-order chi connectivity index (χ1) is 13.4. The second-order valence-corrected chi connectivity index (χ2v) is 6.09. The highest BCUT2D eigenvalue weighted by molar-refractivity contribution is 6.32. The third kappa shape index (κ3) is 5.43. The van der Waals surface area contributed by atoms with Gasteiger partial charge in [0.25, 0.3) is 0 Å². The highest BCUT2D eigenvalue weighted by Gasteiger charge is 2.13. The van der Waals surface area contributed by atoms with E-state index in [0.717, 1.165) is 0 Å². The second kappa shape index (κ2) is 9.70. The average Bonchev–Trinajstić information content (AvgIpc) is 2.66. The van der Waals surface area contributed by atoms with Crippen LogP contribution in [0.4, 0.5) is 17.1 Å². The maximum absolute atomic E-state index is 12.4. The molecule has 3 N–H and O–H groups in total. The smallest absolute Gasteiger partial charge is 0.243 e. The largest absolute Gasteiger partial charge is 0.495 e. The first-order valence-electron chi connectivity index (χ1n) is 8.28. The molecular formula is C19H22ClN3O5. The molecule has 9 heteroatoms. The summed E-state index contributed by atoms with van der Waals surface area (Å²) in [6.45, 7) is 1.37. The molecule has 0 bridgehead atoms. The number of hydrogen-bond acceptors (Lipinski definition) is 6. The van der Waals surface area contributed by atoms with Gasteiger partial charge in [0.15, 0.2) is 0 Å². The molecule has 0 atom stereocenters. The third-order valence-corrected chi connectivity index (χ3v) is 4.00. The molecule has 0 aromatic heterocycles. The van der Waals surface area contributed by atoms with Gasteiger partial charge < -0.3 is 30.2 Å². The lowest BCUT2D eigenvalue weighted by Gasteiger charge is -2.15. The van der Waals surface area contributed by atoms with Crippen LogP contribution in [-0.2, 0) is 9.59 Å². The molecule has 0 heterocycles. The summed E-state index contributed by atoms with van der Waals surface area (Å²) in [5, 5.41) is 8.74. The van der Waals surface area contributed by atoms with E-state index in [4.69, 9.17) is 25.8 Å². The number of benzene rings is 2. The molecular weight excluding hydrogens is 386 g/mol. The van der Waals surface area contributed by atoms with E-state index in [2.05, 4.69) is 16.0 Å². The number of carbonyl (C=O) groups is 2. The molecule has 0 unspecified atom stereocenters. The van der Waals surface area contributed by atoms with Crippen LogP contribution in [0.2, 0.25) is 5.02 Å². The maximum Gasteiger partial charge on any atom is 0.243 e. The number of carbonyl (C=O) groups excluding carboxylic acids is 2. The number of methoxy groups -OCH3 is 3. The Morgan fingerprint density at radius 1 is 0.893 bits per heavy atom. The van der Waals surface area contributed by atoms with Crippen molar-refractivity contribution in [1.82, 2.24) is 0 Å². The van der Waals surface area contributed by atoms with Gasteiger partial charge in [-0.05, 0) is 24.3 Å². The Kier molecular flexibility index (Phi) is 7.34. The Balaban J connectivity index is 2.10. The van der Waals surface area contributed by atoms with E-state index in [9.17, 15) is 9.59 Å². The van der Waals surface area contributed by atoms with Gasteiger partial charge in [-0.15, -0.1) is 0 Å². The van der Waals surface area contributed by atoms with Gasteiger partial charge in [0, 0.05) is 18.7 Å². The predicted octanol–water partition coefficient (Wildman–Crippen LogP) is 3.37. The Bertz CT molecular complexity index is 873. The van der Waals surface area contributed by atoms with Gasteiger partial charge in [0.05, 0.1) is 44.3 Å². The number of rotatable bonds is 8. The van der Waals surface area contributed by atoms with Crippen LogP contribution in [0.5, 0.6) is 17.2 Å². The summed E-state index contributed by atoms with van der Waals surface area (Å²) < 4.78 is 15.7. The summed E-state index contributed by atoms with van der Waals surface area (Å²) >= 11 is 6.11. The number of ether oxygens (including phenoxy) is 3. The van der Waals surface area contributed by atoms with Crippen LogP contribution in [0.15, 0.2) is 30.3 Å². The van der Waals surface area contributed by atoms with E-state index in [1.807, 2.05) is 0 Å². The summed E-state index contributed by atoms with van der Waals surface area (Å²) in [5.74, 6) is 0.866. The maximum atomic E-state index is 12.4. The van der Waals surface area contributed by atoms with Crippen LogP contribution in [-0.4, -0.2) is 39.7 Å². The summed E-state index contributed by atoms with van der Waals surface area (Å²) in [5.41, 5.74) is 1.56. The summed E-state index contributed by atoms with van der Waals surface area (Å²) in [4.78, 5) is 23.6. The molecule has 2 rings (SSSR count). The third-order valence-electron chi connectivity index (χ3n) is 3.71. The minimum Gasteiger partial charge on any atom is -0.495 e. The summed E-state index contributed by atoms with van der Waals surface area (Å²) in [6, 6.07) is 8.21. The first-order valence-corrected chi connectivity index (χ1v) is 8.66. The van der Waals surface area contributed by atoms with Crippen molar-refractivity contribution >= 4 is 40.5 Å². The fourth-order valence-electron chi connectivity index (χ4n) is 2.45. The van der Waals surface area contributed by atoms with Crippen LogP contribution in [0.25, 0.3) is 0 Å². The average molecular weight is 408 g/mol. The van der Waals surface area contributed by atoms with E-state index in [-0.39, 0.29) is 18.4 Å². The minimum absolute atomic E-state index is 0.0489. The van der Waals surface area contributed by atoms with Gasteiger partial charge in [0.1, 0.15) is 17.2 Å². The van der Waals surface area contributed by atoms with Crippen molar-refractivity contribution < 1.29 is 23.8 Å². The fourth-order valence-corrected chi connectivity index (χ4v) is 2.70. The van der Waals surface area contributed by atoms with Gasteiger partial charge in [-0.2, -0.15) is 0 Å². The van der Waals surface area contributed by atoms with E-state index in [1.165, 1.54) is 28.3 Å². The normalized spacial score (nSPS) is 10.0. The van der Waals surface area contributed by atoms with Crippen molar-refractivity contribution in [3.05, 3.63) is 35.4 Å². The van der Waals surface area contributed by atoms with E-state index < -0.39 is 0 Å². The molecule has 28 heavy (non-hydrogen) atoms. The monoisotopic (exact) mass is 407 g/mol. The van der Waals surface area contributed by atoms with Crippen LogP contribution in [0.3, 0.4) is 0 Å². The SMILES string of the molecule is COc1cc(OC)c(NC(=O)CNc2cc(NC(C)=O)ccc2OC)cc1Cl. The summed E-state index contributed by atoms with van der Waals surface area (Å²) in [6.07, 6.45) is 0. The topological polar surface area (TPSA) is 97.9 Å². The van der Waals surface area contributed by atoms with Crippen LogP contribution in [0.1, 0.15) is 6.92 Å². The van der Waals surface area contributed by atoms with Crippen molar-refractivity contribution in [2.24, 2.45) is 0 Å². The zero-order valence-electron chi connectivity index (χ0n) is 16.0. The van der Waals surface area contributed by atoms with Gasteiger partial charge in [-0.25, -0.2) is 0 Å². The molecule has 0 spiro atoms. The second-order valence-electron chi connectivity index (χ2n) is 5.69. The molecule has 8 nitrogen and oxygen atoms in total. The highest BCUT2D eigenvalue weighted by Crippen LogP contribution is 2.36. The van der Waals surface area contributed by atoms with Crippen LogP contribution < -0.4 is 30.2 Å². The Morgan fingerprint density at radius 2 is 1.57 bits per heavy atom. The molecule has 2 amide bonds. The fraction of sp³-hybridized carbons (Fsp3) is 0.263. The molecule has 150 valence electrons. The minimum atomic E-state index is -0.327. The standard InChI is InChI=1S/C19H22ClN3O5/c1-11(24)22-12-5-6-16(26-2)14(7-12)21-10-19(25)23-15-8-13(20)17(27-3)9-18(15)28-4/h5-9,21H,10H2,1-4H3,(H,22,24)(H,23,25). The van der Waals surface area contributed by atoms with Gasteiger partial charge in [-0.1, -0.05) is 11.6 Å². The highest BCUT2D eigenvalue weighted by atomic mass is 35.5. The van der Waals surface area contributed by atoms with Crippen molar-refractivity contribution in [2.45, 2.75) is 6.92 Å². The zero-order valence-corrected chi connectivity index (χ0v) is 16.8. The van der Waals surface area contributed by atoms with Gasteiger partial charge in [0.2, 0.25) is 11.8 Å². The van der Waals surface area contributed by atoms with Crippen molar-refractivity contribution in [3.63, 3.8) is 0 Å². The molecule has 2 aromatic rings. The molecule has 0 aliphatic heterocycles. The van der Waals surface area contributed by atoms with Crippen molar-refractivity contribution in [3.8, 4) is 17.2 Å². The Labute approximate surface area is 168 Å². The quantitative estimate of drug-likeness (QED) is 0.620. The lowest BCUT2D eigenvalue weighted by molar-refractivity contribution is -0.115. The number of anilines is 3. The molecule has 0 aliphatic carbocycles. The number of halogens is 1. The lowest BCUT2D eigenvalue weighted by Crippen LogP contribution is -2.22. The number of nitrogens with one attached hydrogen (secondary N) is 3. The van der Waals surface area contributed by atoms with Crippen molar-refractivity contribution in [1.29, 1.82) is 0 Å². The molecule has 0 saturated carbocycles.